The van der Waals surface area contributed by atoms with Crippen LogP contribution in [-0.4, -0.2) is 21.2 Å². The lowest BCUT2D eigenvalue weighted by molar-refractivity contribution is 0.0686. The molecule has 0 aliphatic heterocycles. The van der Waals surface area contributed by atoms with Crippen LogP contribution >= 0.6 is 0 Å². The van der Waals surface area contributed by atoms with Crippen LogP contribution in [0.4, 0.5) is 0 Å². The van der Waals surface area contributed by atoms with Crippen molar-refractivity contribution in [1.29, 1.82) is 0 Å². The molecule has 0 atom stereocenters. The Morgan fingerprint density at radius 2 is 2.29 bits per heavy atom. The minimum Gasteiger partial charge on any atom is -0.476 e. The van der Waals surface area contributed by atoms with Crippen LogP contribution in [0, 0.1) is 6.92 Å². The van der Waals surface area contributed by atoms with Gasteiger partial charge in [0.1, 0.15) is 0 Å². The van der Waals surface area contributed by atoms with Gasteiger partial charge in [0.25, 0.3) is 0 Å². The van der Waals surface area contributed by atoms with Crippen LogP contribution in [0.1, 0.15) is 16.4 Å². The zero-order valence-electron chi connectivity index (χ0n) is 7.22. The third-order valence-electron chi connectivity index (χ3n) is 1.59. The molecule has 72 valence electrons. The molecule has 2 rings (SSSR count). The summed E-state index contributed by atoms with van der Waals surface area (Å²) in [5.41, 5.74) is -0.158. The Morgan fingerprint density at radius 1 is 1.50 bits per heavy atom. The average Bonchev–Trinajstić information content (AvgIpc) is 2.70. The zero-order chi connectivity index (χ0) is 10.1. The van der Waals surface area contributed by atoms with Gasteiger partial charge in [-0.25, -0.2) is 9.78 Å². The van der Waals surface area contributed by atoms with Gasteiger partial charge in [-0.3, -0.25) is 0 Å². The summed E-state index contributed by atoms with van der Waals surface area (Å²) in [6.07, 6.45) is 1.45. The third kappa shape index (κ3) is 1.37. The summed E-state index contributed by atoms with van der Waals surface area (Å²) in [7, 11) is 0. The summed E-state index contributed by atoms with van der Waals surface area (Å²) in [5.74, 6) is -0.0463. The van der Waals surface area contributed by atoms with E-state index < -0.39 is 5.97 Å². The summed E-state index contributed by atoms with van der Waals surface area (Å²) >= 11 is 0. The van der Waals surface area contributed by atoms with Gasteiger partial charge in [-0.05, 0) is 0 Å². The maximum Gasteiger partial charge on any atom is 0.358 e. The summed E-state index contributed by atoms with van der Waals surface area (Å²) in [6, 6.07) is 1.28. The van der Waals surface area contributed by atoms with Crippen molar-refractivity contribution in [3.8, 4) is 11.5 Å². The molecule has 2 aromatic rings. The van der Waals surface area contributed by atoms with Crippen LogP contribution in [0.5, 0.6) is 0 Å². The Bertz CT molecular complexity index is 471. The smallest absolute Gasteiger partial charge is 0.358 e. The number of oxazole rings is 1. The second-order valence-corrected chi connectivity index (χ2v) is 2.63. The van der Waals surface area contributed by atoms with Crippen molar-refractivity contribution >= 4 is 5.97 Å². The van der Waals surface area contributed by atoms with Crippen LogP contribution in [0.3, 0.4) is 0 Å². The number of hydrogen-bond donors (Lipinski definition) is 1. The molecule has 0 spiro atoms. The second-order valence-electron chi connectivity index (χ2n) is 2.63. The maximum atomic E-state index is 10.5. The Kier molecular flexibility index (Phi) is 1.81. The largest absolute Gasteiger partial charge is 0.476 e. The van der Waals surface area contributed by atoms with Crippen LogP contribution in [0.2, 0.25) is 0 Å². The van der Waals surface area contributed by atoms with E-state index in [1.807, 2.05) is 0 Å². The molecule has 2 heterocycles. The molecule has 6 nitrogen and oxygen atoms in total. The van der Waals surface area contributed by atoms with Gasteiger partial charge in [-0.15, -0.1) is 0 Å². The molecule has 0 amide bonds. The van der Waals surface area contributed by atoms with E-state index in [1.54, 1.807) is 6.92 Å². The van der Waals surface area contributed by atoms with Crippen LogP contribution < -0.4 is 0 Å². The molecular weight excluding hydrogens is 188 g/mol. The highest BCUT2D eigenvalue weighted by Gasteiger charge is 2.14. The maximum absolute atomic E-state index is 10.5. The molecule has 0 saturated heterocycles. The Hall–Kier alpha value is -2.11. The van der Waals surface area contributed by atoms with Gasteiger partial charge in [0.2, 0.25) is 5.76 Å². The molecular formula is C8H6N2O4. The van der Waals surface area contributed by atoms with Crippen molar-refractivity contribution in [1.82, 2.24) is 10.1 Å². The molecule has 1 N–H and O–H groups in total. The fraction of sp³-hybridized carbons (Fsp3) is 0.125. The fourth-order valence-electron chi connectivity index (χ4n) is 0.967. The summed E-state index contributed by atoms with van der Waals surface area (Å²) in [6.45, 7) is 1.68. The lowest BCUT2D eigenvalue weighted by Gasteiger charge is -1.83. The van der Waals surface area contributed by atoms with Crippen molar-refractivity contribution in [3.63, 3.8) is 0 Å². The van der Waals surface area contributed by atoms with Gasteiger partial charge in [-0.1, -0.05) is 5.16 Å². The van der Waals surface area contributed by atoms with Crippen molar-refractivity contribution in [3.05, 3.63) is 23.8 Å². The third-order valence-corrected chi connectivity index (χ3v) is 1.59. The van der Waals surface area contributed by atoms with Gasteiger partial charge in [0.05, 0.1) is 6.20 Å². The highest BCUT2D eigenvalue weighted by atomic mass is 16.5. The normalized spacial score (nSPS) is 10.4. The van der Waals surface area contributed by atoms with Gasteiger partial charge in [0.15, 0.2) is 17.3 Å². The Labute approximate surface area is 78.2 Å². The molecule has 0 aromatic carbocycles. The number of carboxylic acid groups (broad SMARTS) is 1. The predicted octanol–water partition coefficient (Wildman–Crippen LogP) is 1.34. The van der Waals surface area contributed by atoms with Crippen molar-refractivity contribution in [2.45, 2.75) is 6.92 Å². The SMILES string of the molecule is Cc1ncc(-c2cc(C(=O)O)no2)o1. The molecule has 6 heteroatoms. The number of aryl methyl sites for hydroxylation is 1. The minimum atomic E-state index is -1.14. The first-order valence-corrected chi connectivity index (χ1v) is 3.79. The van der Waals surface area contributed by atoms with Gasteiger partial charge in [-0.2, -0.15) is 0 Å². The topological polar surface area (TPSA) is 89.4 Å². The van der Waals surface area contributed by atoms with E-state index in [1.165, 1.54) is 12.3 Å². The van der Waals surface area contributed by atoms with Crippen molar-refractivity contribution in [2.75, 3.05) is 0 Å². The van der Waals surface area contributed by atoms with Crippen molar-refractivity contribution < 1.29 is 18.8 Å². The molecule has 0 radical (unpaired) electrons. The summed E-state index contributed by atoms with van der Waals surface area (Å²) in [5, 5.41) is 11.9. The number of carboxylic acids is 1. The molecule has 0 bridgehead atoms. The summed E-state index contributed by atoms with van der Waals surface area (Å²) in [4.78, 5) is 14.3. The zero-order valence-corrected chi connectivity index (χ0v) is 7.22. The molecule has 0 aliphatic rings. The number of rotatable bonds is 2. The second kappa shape index (κ2) is 2.99. The first kappa shape index (κ1) is 8.49. The molecule has 0 aliphatic carbocycles. The van der Waals surface area contributed by atoms with E-state index in [0.717, 1.165) is 0 Å². The summed E-state index contributed by atoms with van der Waals surface area (Å²) < 4.78 is 9.89. The Balaban J connectivity index is 2.38. The van der Waals surface area contributed by atoms with E-state index >= 15 is 0 Å². The standard InChI is InChI=1S/C8H6N2O4/c1-4-9-3-7(13-4)6-2-5(8(11)12)10-14-6/h2-3H,1H3,(H,11,12). The minimum absolute atomic E-state index is 0.158. The molecule has 0 saturated carbocycles. The monoisotopic (exact) mass is 194 g/mol. The van der Waals surface area contributed by atoms with Crippen molar-refractivity contribution in [2.24, 2.45) is 0 Å². The highest BCUT2D eigenvalue weighted by molar-refractivity contribution is 5.86. The molecule has 2 aromatic heterocycles. The van der Waals surface area contributed by atoms with Crippen LogP contribution in [0.15, 0.2) is 21.2 Å². The first-order valence-electron chi connectivity index (χ1n) is 3.79. The van der Waals surface area contributed by atoms with Crippen LogP contribution in [-0.2, 0) is 0 Å². The lowest BCUT2D eigenvalue weighted by Crippen LogP contribution is -1.94. The van der Waals surface area contributed by atoms with E-state index in [-0.39, 0.29) is 11.5 Å². The van der Waals surface area contributed by atoms with E-state index in [0.29, 0.717) is 11.7 Å². The molecule has 14 heavy (non-hydrogen) atoms. The van der Waals surface area contributed by atoms with E-state index in [2.05, 4.69) is 10.1 Å². The quantitative estimate of drug-likeness (QED) is 0.775. The molecule has 0 fully saturated rings. The molecule has 0 unspecified atom stereocenters. The van der Waals surface area contributed by atoms with Gasteiger partial charge in [0, 0.05) is 13.0 Å². The first-order chi connectivity index (χ1) is 6.66. The van der Waals surface area contributed by atoms with Gasteiger partial charge >= 0.3 is 5.97 Å². The average molecular weight is 194 g/mol. The van der Waals surface area contributed by atoms with E-state index in [9.17, 15) is 4.79 Å². The van der Waals surface area contributed by atoms with Gasteiger partial charge < -0.3 is 14.0 Å². The number of hydrogen-bond acceptors (Lipinski definition) is 5. The fourth-order valence-corrected chi connectivity index (χ4v) is 0.967. The lowest BCUT2D eigenvalue weighted by atomic mass is 10.3. The van der Waals surface area contributed by atoms with E-state index in [4.69, 9.17) is 14.0 Å². The number of nitrogens with zero attached hydrogens (tertiary/aromatic N) is 2. The van der Waals surface area contributed by atoms with Crippen LogP contribution in [0.25, 0.3) is 11.5 Å². The Morgan fingerprint density at radius 3 is 2.79 bits per heavy atom. The number of aromatic nitrogens is 2. The predicted molar refractivity (Wildman–Crippen MR) is 43.7 cm³/mol. The number of aromatic carboxylic acids is 1. The highest BCUT2D eigenvalue weighted by Crippen LogP contribution is 2.20. The number of carbonyl (C=O) groups is 1.